The van der Waals surface area contributed by atoms with Gasteiger partial charge in [-0.3, -0.25) is 4.68 Å². The van der Waals surface area contributed by atoms with Crippen molar-refractivity contribution in [3.8, 4) is 0 Å². The SMILES string of the molecule is Cn1nccc1CCC(O)C1Cc2ccccc2S1. The molecule has 0 amide bonds. The van der Waals surface area contributed by atoms with Gasteiger partial charge in [-0.1, -0.05) is 18.2 Å². The van der Waals surface area contributed by atoms with Crippen molar-refractivity contribution in [1.29, 1.82) is 0 Å². The number of aromatic nitrogens is 2. The first-order chi connectivity index (χ1) is 9.24. The van der Waals surface area contributed by atoms with Crippen LogP contribution in [-0.4, -0.2) is 26.2 Å². The average Bonchev–Trinajstić information content (AvgIpc) is 3.01. The van der Waals surface area contributed by atoms with E-state index in [1.807, 2.05) is 35.8 Å². The minimum atomic E-state index is -0.257. The number of hydrogen-bond acceptors (Lipinski definition) is 3. The molecule has 19 heavy (non-hydrogen) atoms. The van der Waals surface area contributed by atoms with E-state index in [0.717, 1.165) is 19.3 Å². The lowest BCUT2D eigenvalue weighted by Crippen LogP contribution is -2.23. The van der Waals surface area contributed by atoms with Crippen molar-refractivity contribution < 1.29 is 5.11 Å². The van der Waals surface area contributed by atoms with Gasteiger partial charge in [-0.15, -0.1) is 11.8 Å². The van der Waals surface area contributed by atoms with Gasteiger partial charge in [-0.2, -0.15) is 5.10 Å². The van der Waals surface area contributed by atoms with Crippen molar-refractivity contribution in [3.63, 3.8) is 0 Å². The van der Waals surface area contributed by atoms with Gasteiger partial charge in [0.1, 0.15) is 0 Å². The van der Waals surface area contributed by atoms with E-state index < -0.39 is 0 Å². The minimum Gasteiger partial charge on any atom is -0.392 e. The second kappa shape index (κ2) is 5.39. The van der Waals surface area contributed by atoms with Gasteiger partial charge in [0, 0.05) is 29.1 Å². The van der Waals surface area contributed by atoms with Gasteiger partial charge in [0.2, 0.25) is 0 Å². The Kier molecular flexibility index (Phi) is 3.62. The van der Waals surface area contributed by atoms with Crippen LogP contribution in [0.25, 0.3) is 0 Å². The van der Waals surface area contributed by atoms with Crippen LogP contribution >= 0.6 is 11.8 Å². The van der Waals surface area contributed by atoms with Crippen LogP contribution in [0.2, 0.25) is 0 Å². The quantitative estimate of drug-likeness (QED) is 0.930. The number of nitrogens with zero attached hydrogens (tertiary/aromatic N) is 2. The third-order valence-electron chi connectivity index (χ3n) is 3.72. The summed E-state index contributed by atoms with van der Waals surface area (Å²) < 4.78 is 1.88. The fourth-order valence-electron chi connectivity index (χ4n) is 2.55. The predicted molar refractivity (Wildman–Crippen MR) is 77.3 cm³/mol. The number of rotatable bonds is 4. The molecule has 4 heteroatoms. The Labute approximate surface area is 117 Å². The van der Waals surface area contributed by atoms with Crippen LogP contribution in [0.3, 0.4) is 0 Å². The molecule has 1 aliphatic heterocycles. The van der Waals surface area contributed by atoms with Crippen LogP contribution < -0.4 is 0 Å². The number of aliphatic hydroxyl groups is 1. The van der Waals surface area contributed by atoms with Crippen molar-refractivity contribution in [2.75, 3.05) is 0 Å². The molecule has 0 bridgehead atoms. The van der Waals surface area contributed by atoms with E-state index in [1.54, 1.807) is 0 Å². The maximum absolute atomic E-state index is 10.4. The molecule has 100 valence electrons. The Morgan fingerprint density at radius 2 is 2.26 bits per heavy atom. The molecule has 0 radical (unpaired) electrons. The van der Waals surface area contributed by atoms with Gasteiger partial charge in [-0.05, 0) is 37.0 Å². The van der Waals surface area contributed by atoms with Crippen LogP contribution in [0.15, 0.2) is 41.4 Å². The predicted octanol–water partition coefficient (Wildman–Crippen LogP) is 2.43. The Bertz CT molecular complexity index is 542. The molecule has 2 atom stereocenters. The normalized spacial score (nSPS) is 19.4. The van der Waals surface area contributed by atoms with Gasteiger partial charge in [-0.25, -0.2) is 0 Å². The van der Waals surface area contributed by atoms with E-state index in [2.05, 4.69) is 29.4 Å². The summed E-state index contributed by atoms with van der Waals surface area (Å²) in [6.07, 6.45) is 4.21. The van der Waals surface area contributed by atoms with Gasteiger partial charge in [0.15, 0.2) is 0 Å². The molecule has 0 spiro atoms. The summed E-state index contributed by atoms with van der Waals surface area (Å²) in [6.45, 7) is 0. The third kappa shape index (κ3) is 2.69. The standard InChI is InChI=1S/C15H18N2OS/c1-17-12(8-9-16-17)6-7-13(18)15-10-11-4-2-3-5-14(11)19-15/h2-5,8-9,13,15,18H,6-7,10H2,1H3. The minimum absolute atomic E-state index is 0.257. The van der Waals surface area contributed by atoms with E-state index in [1.165, 1.54) is 16.2 Å². The molecule has 1 aliphatic rings. The molecule has 2 unspecified atom stereocenters. The first kappa shape index (κ1) is 12.8. The van der Waals surface area contributed by atoms with Gasteiger partial charge >= 0.3 is 0 Å². The second-order valence-corrected chi connectivity index (χ2v) is 6.30. The fraction of sp³-hybridized carbons (Fsp3) is 0.400. The zero-order valence-electron chi connectivity index (χ0n) is 11.0. The van der Waals surface area contributed by atoms with Crippen LogP contribution in [0.1, 0.15) is 17.7 Å². The highest BCUT2D eigenvalue weighted by Gasteiger charge is 2.27. The summed E-state index contributed by atoms with van der Waals surface area (Å²) in [5, 5.41) is 14.8. The van der Waals surface area contributed by atoms with E-state index in [9.17, 15) is 5.11 Å². The maximum atomic E-state index is 10.4. The van der Waals surface area contributed by atoms with Crippen molar-refractivity contribution in [1.82, 2.24) is 9.78 Å². The number of benzene rings is 1. The first-order valence-corrected chi connectivity index (χ1v) is 7.51. The number of aryl methyl sites for hydroxylation is 2. The summed E-state index contributed by atoms with van der Waals surface area (Å²) >= 11 is 1.81. The highest BCUT2D eigenvalue weighted by atomic mass is 32.2. The highest BCUT2D eigenvalue weighted by molar-refractivity contribution is 8.00. The number of aliphatic hydroxyl groups excluding tert-OH is 1. The van der Waals surface area contributed by atoms with Gasteiger partial charge in [0.25, 0.3) is 0 Å². The lowest BCUT2D eigenvalue weighted by atomic mass is 10.0. The van der Waals surface area contributed by atoms with Gasteiger partial charge < -0.3 is 5.11 Å². The molecule has 3 rings (SSSR count). The lowest BCUT2D eigenvalue weighted by molar-refractivity contribution is 0.161. The van der Waals surface area contributed by atoms with Gasteiger partial charge in [0.05, 0.1) is 6.10 Å². The molecule has 1 N–H and O–H groups in total. The van der Waals surface area contributed by atoms with Crippen LogP contribution in [-0.2, 0) is 19.9 Å². The van der Waals surface area contributed by atoms with Crippen LogP contribution in [0.5, 0.6) is 0 Å². The maximum Gasteiger partial charge on any atom is 0.0669 e. The first-order valence-electron chi connectivity index (χ1n) is 6.63. The molecule has 0 fully saturated rings. The topological polar surface area (TPSA) is 38.0 Å². The molecule has 0 aliphatic carbocycles. The molecular weight excluding hydrogens is 256 g/mol. The number of fused-ring (bicyclic) bond motifs is 1. The van der Waals surface area contributed by atoms with E-state index in [4.69, 9.17) is 0 Å². The summed E-state index contributed by atoms with van der Waals surface area (Å²) in [5.74, 6) is 0. The van der Waals surface area contributed by atoms with E-state index in [-0.39, 0.29) is 6.10 Å². The van der Waals surface area contributed by atoms with E-state index in [0.29, 0.717) is 5.25 Å². The number of hydrogen-bond donors (Lipinski definition) is 1. The molecule has 0 saturated carbocycles. The van der Waals surface area contributed by atoms with Crippen LogP contribution in [0.4, 0.5) is 0 Å². The Morgan fingerprint density at radius 1 is 1.42 bits per heavy atom. The summed E-state index contributed by atoms with van der Waals surface area (Å²) in [4.78, 5) is 1.33. The second-order valence-electron chi connectivity index (χ2n) is 5.02. The molecule has 0 saturated heterocycles. The highest BCUT2D eigenvalue weighted by Crippen LogP contribution is 2.39. The molecule has 1 aromatic heterocycles. The third-order valence-corrected chi connectivity index (χ3v) is 5.16. The molecular formula is C15H18N2OS. The fourth-order valence-corrected chi connectivity index (χ4v) is 3.89. The zero-order valence-corrected chi connectivity index (χ0v) is 11.8. The Balaban J connectivity index is 1.58. The summed E-state index contributed by atoms with van der Waals surface area (Å²) in [6, 6.07) is 10.5. The molecule has 3 nitrogen and oxygen atoms in total. The Morgan fingerprint density at radius 3 is 3.00 bits per heavy atom. The van der Waals surface area contributed by atoms with Crippen molar-refractivity contribution in [2.24, 2.45) is 7.05 Å². The average molecular weight is 274 g/mol. The van der Waals surface area contributed by atoms with Crippen molar-refractivity contribution >= 4 is 11.8 Å². The summed E-state index contributed by atoms with van der Waals surface area (Å²) in [7, 11) is 1.95. The monoisotopic (exact) mass is 274 g/mol. The smallest absolute Gasteiger partial charge is 0.0669 e. The zero-order chi connectivity index (χ0) is 13.2. The summed E-state index contributed by atoms with van der Waals surface area (Å²) in [5.41, 5.74) is 2.55. The van der Waals surface area contributed by atoms with E-state index >= 15 is 0 Å². The van der Waals surface area contributed by atoms with Crippen molar-refractivity contribution in [2.45, 2.75) is 35.5 Å². The molecule has 1 aromatic carbocycles. The number of thioether (sulfide) groups is 1. The largest absolute Gasteiger partial charge is 0.392 e. The molecule has 2 heterocycles. The van der Waals surface area contributed by atoms with Crippen LogP contribution in [0, 0.1) is 0 Å². The van der Waals surface area contributed by atoms with Crippen molar-refractivity contribution in [3.05, 3.63) is 47.8 Å². The molecule has 2 aromatic rings. The lowest BCUT2D eigenvalue weighted by Gasteiger charge is -2.16. The Hall–Kier alpha value is -1.26.